The molecule has 0 bridgehead atoms. The van der Waals surface area contributed by atoms with E-state index in [4.69, 9.17) is 4.74 Å². The van der Waals surface area contributed by atoms with E-state index in [2.05, 4.69) is 9.88 Å². The highest BCUT2D eigenvalue weighted by atomic mass is 127. The van der Waals surface area contributed by atoms with Gasteiger partial charge in [-0.15, -0.1) is 0 Å². The SMILES string of the molecule is Fc1cnc(N2CCOCC2)cc1I. The quantitative estimate of drug-likeness (QED) is 0.738. The summed E-state index contributed by atoms with van der Waals surface area (Å²) in [4.78, 5) is 6.16. The van der Waals surface area contributed by atoms with Gasteiger partial charge in [0.1, 0.15) is 5.82 Å². The Kier molecular flexibility index (Phi) is 3.17. The number of anilines is 1. The summed E-state index contributed by atoms with van der Waals surface area (Å²) >= 11 is 1.97. The lowest BCUT2D eigenvalue weighted by molar-refractivity contribution is 0.122. The molecule has 1 fully saturated rings. The molecule has 0 atom stereocenters. The fourth-order valence-corrected chi connectivity index (χ4v) is 1.79. The van der Waals surface area contributed by atoms with Gasteiger partial charge in [0.25, 0.3) is 0 Å². The van der Waals surface area contributed by atoms with Gasteiger partial charge in [-0.2, -0.15) is 0 Å². The number of ether oxygens (including phenoxy) is 1. The van der Waals surface area contributed by atoms with Gasteiger partial charge in [0.05, 0.1) is 23.0 Å². The summed E-state index contributed by atoms with van der Waals surface area (Å²) in [7, 11) is 0. The van der Waals surface area contributed by atoms with E-state index in [1.165, 1.54) is 6.20 Å². The normalized spacial score (nSPS) is 17.1. The van der Waals surface area contributed by atoms with Gasteiger partial charge in [-0.3, -0.25) is 0 Å². The molecule has 0 aromatic carbocycles. The predicted octanol–water partition coefficient (Wildman–Crippen LogP) is 1.66. The Morgan fingerprint density at radius 1 is 1.43 bits per heavy atom. The van der Waals surface area contributed by atoms with Crippen molar-refractivity contribution in [3.05, 3.63) is 21.7 Å². The van der Waals surface area contributed by atoms with Crippen molar-refractivity contribution < 1.29 is 9.13 Å². The number of pyridine rings is 1. The van der Waals surface area contributed by atoms with Crippen molar-refractivity contribution in [3.8, 4) is 0 Å². The number of rotatable bonds is 1. The Hall–Kier alpha value is -0.430. The lowest BCUT2D eigenvalue weighted by Gasteiger charge is -2.27. The van der Waals surface area contributed by atoms with Crippen LogP contribution in [0.4, 0.5) is 10.2 Å². The number of nitrogens with zero attached hydrogens (tertiary/aromatic N) is 2. The number of hydrogen-bond donors (Lipinski definition) is 0. The monoisotopic (exact) mass is 308 g/mol. The molecule has 3 nitrogen and oxygen atoms in total. The summed E-state index contributed by atoms with van der Waals surface area (Å²) in [5.41, 5.74) is 0. The Morgan fingerprint density at radius 2 is 2.14 bits per heavy atom. The topological polar surface area (TPSA) is 25.4 Å². The van der Waals surface area contributed by atoms with E-state index in [1.54, 1.807) is 6.07 Å². The van der Waals surface area contributed by atoms with Crippen LogP contribution in [0.1, 0.15) is 0 Å². The summed E-state index contributed by atoms with van der Waals surface area (Å²) in [5, 5.41) is 0. The van der Waals surface area contributed by atoms with Crippen molar-refractivity contribution in [1.82, 2.24) is 4.98 Å². The van der Waals surface area contributed by atoms with E-state index in [0.717, 1.165) is 32.1 Å². The summed E-state index contributed by atoms with van der Waals surface area (Å²) in [6, 6.07) is 1.77. The van der Waals surface area contributed by atoms with Crippen molar-refractivity contribution in [2.45, 2.75) is 0 Å². The van der Waals surface area contributed by atoms with Gasteiger partial charge in [-0.1, -0.05) is 0 Å². The fraction of sp³-hybridized carbons (Fsp3) is 0.444. The van der Waals surface area contributed by atoms with Crippen LogP contribution in [0, 0.1) is 9.39 Å². The maximum absolute atomic E-state index is 13.0. The van der Waals surface area contributed by atoms with E-state index >= 15 is 0 Å². The van der Waals surface area contributed by atoms with Crippen molar-refractivity contribution >= 4 is 28.4 Å². The van der Waals surface area contributed by atoms with Gasteiger partial charge >= 0.3 is 0 Å². The lowest BCUT2D eigenvalue weighted by atomic mass is 10.3. The minimum Gasteiger partial charge on any atom is -0.378 e. The number of halogens is 2. The second kappa shape index (κ2) is 4.39. The van der Waals surface area contributed by atoms with Crippen LogP contribution < -0.4 is 4.90 Å². The predicted molar refractivity (Wildman–Crippen MR) is 59.9 cm³/mol. The zero-order valence-electron chi connectivity index (χ0n) is 7.54. The first-order valence-corrected chi connectivity index (χ1v) is 5.49. The zero-order chi connectivity index (χ0) is 9.97. The molecule has 1 aromatic heterocycles. The Bertz CT molecular complexity index is 329. The van der Waals surface area contributed by atoms with Crippen LogP contribution in [-0.4, -0.2) is 31.3 Å². The molecule has 0 amide bonds. The highest BCUT2D eigenvalue weighted by Crippen LogP contribution is 2.17. The molecule has 0 aliphatic carbocycles. The molecule has 2 rings (SSSR count). The average molecular weight is 308 g/mol. The van der Waals surface area contributed by atoms with E-state index in [-0.39, 0.29) is 5.82 Å². The largest absolute Gasteiger partial charge is 0.378 e. The van der Waals surface area contributed by atoms with Crippen LogP contribution in [0.5, 0.6) is 0 Å². The van der Waals surface area contributed by atoms with E-state index in [0.29, 0.717) is 3.57 Å². The van der Waals surface area contributed by atoms with Crippen molar-refractivity contribution in [2.24, 2.45) is 0 Å². The van der Waals surface area contributed by atoms with Gasteiger partial charge in [0, 0.05) is 13.1 Å². The summed E-state index contributed by atoms with van der Waals surface area (Å²) in [6.07, 6.45) is 1.27. The summed E-state index contributed by atoms with van der Waals surface area (Å²) < 4.78 is 18.8. The molecule has 1 saturated heterocycles. The highest BCUT2D eigenvalue weighted by Gasteiger charge is 2.13. The molecule has 14 heavy (non-hydrogen) atoms. The van der Waals surface area contributed by atoms with Crippen molar-refractivity contribution in [1.29, 1.82) is 0 Å². The third kappa shape index (κ3) is 2.14. The van der Waals surface area contributed by atoms with Gasteiger partial charge in [0.2, 0.25) is 0 Å². The molecule has 1 aliphatic heterocycles. The van der Waals surface area contributed by atoms with Crippen molar-refractivity contribution in [3.63, 3.8) is 0 Å². The molecular formula is C9H10FIN2O. The number of aromatic nitrogens is 1. The second-order valence-electron chi connectivity index (χ2n) is 3.06. The first-order valence-electron chi connectivity index (χ1n) is 4.41. The molecule has 2 heterocycles. The van der Waals surface area contributed by atoms with Gasteiger partial charge in [0.15, 0.2) is 5.82 Å². The molecule has 0 unspecified atom stereocenters. The number of morpholine rings is 1. The minimum atomic E-state index is -0.261. The summed E-state index contributed by atoms with van der Waals surface area (Å²) in [5.74, 6) is 0.571. The number of hydrogen-bond acceptors (Lipinski definition) is 3. The van der Waals surface area contributed by atoms with Gasteiger partial charge in [-0.05, 0) is 28.7 Å². The first-order chi connectivity index (χ1) is 6.77. The van der Waals surface area contributed by atoms with Crippen LogP contribution in [0.25, 0.3) is 0 Å². The molecule has 0 saturated carbocycles. The molecule has 1 aliphatic rings. The second-order valence-corrected chi connectivity index (χ2v) is 4.22. The zero-order valence-corrected chi connectivity index (χ0v) is 9.70. The molecule has 0 N–H and O–H groups in total. The Morgan fingerprint density at radius 3 is 2.79 bits per heavy atom. The smallest absolute Gasteiger partial charge is 0.154 e. The van der Waals surface area contributed by atoms with Crippen molar-refractivity contribution in [2.75, 3.05) is 31.2 Å². The fourth-order valence-electron chi connectivity index (χ4n) is 1.37. The van der Waals surface area contributed by atoms with Gasteiger partial charge in [-0.25, -0.2) is 9.37 Å². The minimum absolute atomic E-state index is 0.261. The molecule has 1 aromatic rings. The van der Waals surface area contributed by atoms with E-state index < -0.39 is 0 Å². The van der Waals surface area contributed by atoms with Crippen LogP contribution in [0.3, 0.4) is 0 Å². The Balaban J connectivity index is 2.18. The standard InChI is InChI=1S/C9H10FIN2O/c10-7-6-12-9(5-8(7)11)13-1-3-14-4-2-13/h5-6H,1-4H2. The molecular weight excluding hydrogens is 298 g/mol. The molecule has 76 valence electrons. The molecule has 0 spiro atoms. The summed E-state index contributed by atoms with van der Waals surface area (Å²) in [6.45, 7) is 3.09. The Labute approximate surface area is 95.4 Å². The van der Waals surface area contributed by atoms with Crippen LogP contribution >= 0.6 is 22.6 Å². The maximum Gasteiger partial charge on any atom is 0.154 e. The molecule has 5 heteroatoms. The van der Waals surface area contributed by atoms with Gasteiger partial charge < -0.3 is 9.64 Å². The van der Waals surface area contributed by atoms with E-state index in [9.17, 15) is 4.39 Å². The van der Waals surface area contributed by atoms with Crippen LogP contribution in [-0.2, 0) is 4.74 Å². The lowest BCUT2D eigenvalue weighted by Crippen LogP contribution is -2.36. The third-order valence-corrected chi connectivity index (χ3v) is 2.96. The maximum atomic E-state index is 13.0. The van der Waals surface area contributed by atoms with Crippen LogP contribution in [0.15, 0.2) is 12.3 Å². The average Bonchev–Trinajstić information content (AvgIpc) is 2.23. The third-order valence-electron chi connectivity index (χ3n) is 2.13. The first kappa shape index (κ1) is 10.1. The highest BCUT2D eigenvalue weighted by molar-refractivity contribution is 14.1. The van der Waals surface area contributed by atoms with E-state index in [1.807, 2.05) is 22.6 Å². The molecule has 0 radical (unpaired) electrons. The van der Waals surface area contributed by atoms with Crippen LogP contribution in [0.2, 0.25) is 0 Å².